The van der Waals surface area contributed by atoms with Gasteiger partial charge < -0.3 is 4.90 Å². The number of thioether (sulfide) groups is 1. The van der Waals surface area contributed by atoms with E-state index < -0.39 is 0 Å². The molecule has 3 heterocycles. The number of hydrogen-bond acceptors (Lipinski definition) is 7. The molecule has 0 atom stereocenters. The van der Waals surface area contributed by atoms with Gasteiger partial charge in [-0.3, -0.25) is 0 Å². The quantitative estimate of drug-likeness (QED) is 0.801. The van der Waals surface area contributed by atoms with Gasteiger partial charge in [-0.1, -0.05) is 0 Å². The van der Waals surface area contributed by atoms with Gasteiger partial charge in [0.2, 0.25) is 11.2 Å². The SMILES string of the molecule is Clc1nc(N2CCSCC2)nc(-n2cncn2)n1. The van der Waals surface area contributed by atoms with Crippen LogP contribution in [0.1, 0.15) is 0 Å². The zero-order chi connectivity index (χ0) is 12.4. The number of halogens is 1. The lowest BCUT2D eigenvalue weighted by Crippen LogP contribution is -2.34. The van der Waals surface area contributed by atoms with Crippen LogP contribution >= 0.6 is 23.4 Å². The van der Waals surface area contributed by atoms with Crippen LogP contribution in [0.4, 0.5) is 5.95 Å². The number of hydrogen-bond donors (Lipinski definition) is 0. The molecule has 0 saturated carbocycles. The molecule has 94 valence electrons. The zero-order valence-electron chi connectivity index (χ0n) is 9.40. The van der Waals surface area contributed by atoms with Crippen LogP contribution in [0, 0.1) is 0 Å². The number of nitrogens with zero attached hydrogens (tertiary/aromatic N) is 7. The number of rotatable bonds is 2. The van der Waals surface area contributed by atoms with Crippen molar-refractivity contribution in [2.75, 3.05) is 29.5 Å². The van der Waals surface area contributed by atoms with E-state index in [2.05, 4.69) is 29.9 Å². The summed E-state index contributed by atoms with van der Waals surface area (Å²) in [5.74, 6) is 3.13. The van der Waals surface area contributed by atoms with Gasteiger partial charge in [-0.05, 0) is 11.6 Å². The minimum absolute atomic E-state index is 0.170. The Morgan fingerprint density at radius 3 is 2.61 bits per heavy atom. The zero-order valence-corrected chi connectivity index (χ0v) is 11.0. The normalized spacial score (nSPS) is 15.9. The fourth-order valence-electron chi connectivity index (χ4n) is 1.65. The molecular formula is C9H10ClN7S. The van der Waals surface area contributed by atoms with Crippen molar-refractivity contribution >= 4 is 29.3 Å². The standard InChI is InChI=1S/C9H10ClN7S/c10-7-13-8(16-1-3-18-4-2-16)15-9(14-7)17-6-11-5-12-17/h5-6H,1-4H2. The van der Waals surface area contributed by atoms with Crippen LogP contribution < -0.4 is 4.90 Å². The largest absolute Gasteiger partial charge is 0.339 e. The molecule has 7 nitrogen and oxygen atoms in total. The van der Waals surface area contributed by atoms with Gasteiger partial charge in [0.25, 0.3) is 5.95 Å². The molecule has 0 unspecified atom stereocenters. The molecule has 2 aromatic rings. The molecule has 2 aromatic heterocycles. The summed E-state index contributed by atoms with van der Waals surface area (Å²) in [5, 5.41) is 4.16. The maximum absolute atomic E-state index is 5.93. The Morgan fingerprint density at radius 1 is 1.11 bits per heavy atom. The van der Waals surface area contributed by atoms with E-state index in [9.17, 15) is 0 Å². The second kappa shape index (κ2) is 5.07. The number of anilines is 1. The maximum atomic E-state index is 5.93. The monoisotopic (exact) mass is 283 g/mol. The highest BCUT2D eigenvalue weighted by Gasteiger charge is 2.16. The van der Waals surface area contributed by atoms with E-state index in [0.717, 1.165) is 24.6 Å². The van der Waals surface area contributed by atoms with Gasteiger partial charge in [-0.15, -0.1) is 0 Å². The minimum atomic E-state index is 0.170. The van der Waals surface area contributed by atoms with Crippen molar-refractivity contribution in [3.8, 4) is 5.95 Å². The molecule has 1 fully saturated rings. The van der Waals surface area contributed by atoms with Crippen molar-refractivity contribution in [2.24, 2.45) is 0 Å². The fraction of sp³-hybridized carbons (Fsp3) is 0.444. The summed E-state index contributed by atoms with van der Waals surface area (Å²) in [6, 6.07) is 0. The molecule has 9 heteroatoms. The summed E-state index contributed by atoms with van der Waals surface area (Å²) >= 11 is 7.86. The van der Waals surface area contributed by atoms with Gasteiger partial charge in [-0.25, -0.2) is 4.98 Å². The molecule has 3 rings (SSSR count). The van der Waals surface area contributed by atoms with Crippen molar-refractivity contribution in [2.45, 2.75) is 0 Å². The van der Waals surface area contributed by atoms with Gasteiger partial charge in [0, 0.05) is 24.6 Å². The van der Waals surface area contributed by atoms with Gasteiger partial charge in [0.05, 0.1) is 0 Å². The van der Waals surface area contributed by atoms with Gasteiger partial charge in [0.15, 0.2) is 0 Å². The first kappa shape index (κ1) is 11.7. The molecule has 0 N–H and O–H groups in total. The Morgan fingerprint density at radius 2 is 1.89 bits per heavy atom. The summed E-state index contributed by atoms with van der Waals surface area (Å²) in [6.07, 6.45) is 2.95. The van der Waals surface area contributed by atoms with E-state index in [1.807, 2.05) is 11.8 Å². The van der Waals surface area contributed by atoms with Crippen LogP contribution in [-0.4, -0.2) is 54.3 Å². The highest BCUT2D eigenvalue weighted by Crippen LogP contribution is 2.17. The summed E-state index contributed by atoms with van der Waals surface area (Å²) < 4.78 is 1.47. The molecule has 0 amide bonds. The smallest absolute Gasteiger partial charge is 0.258 e. The van der Waals surface area contributed by atoms with Crippen molar-refractivity contribution in [1.29, 1.82) is 0 Å². The Balaban J connectivity index is 1.95. The van der Waals surface area contributed by atoms with Crippen molar-refractivity contribution in [3.63, 3.8) is 0 Å². The molecule has 0 radical (unpaired) electrons. The van der Waals surface area contributed by atoms with Crippen molar-refractivity contribution in [3.05, 3.63) is 17.9 Å². The van der Waals surface area contributed by atoms with Crippen LogP contribution in [-0.2, 0) is 0 Å². The van der Waals surface area contributed by atoms with E-state index in [1.165, 1.54) is 17.3 Å². The molecule has 0 aliphatic carbocycles. The summed E-state index contributed by atoms with van der Waals surface area (Å²) in [4.78, 5) is 18.5. The predicted octanol–water partition coefficient (Wildman–Crippen LogP) is 0.659. The topological polar surface area (TPSA) is 72.6 Å². The van der Waals surface area contributed by atoms with Crippen LogP contribution in [0.5, 0.6) is 0 Å². The van der Waals surface area contributed by atoms with E-state index >= 15 is 0 Å². The Hall–Kier alpha value is -1.41. The average molecular weight is 284 g/mol. The molecule has 0 aromatic carbocycles. The molecule has 1 aliphatic rings. The van der Waals surface area contributed by atoms with Crippen molar-refractivity contribution < 1.29 is 0 Å². The lowest BCUT2D eigenvalue weighted by Gasteiger charge is -2.26. The Kier molecular flexibility index (Phi) is 3.28. The summed E-state index contributed by atoms with van der Waals surface area (Å²) in [7, 11) is 0. The lowest BCUT2D eigenvalue weighted by atomic mass is 10.5. The van der Waals surface area contributed by atoms with Crippen LogP contribution in [0.2, 0.25) is 5.28 Å². The maximum Gasteiger partial charge on any atom is 0.258 e. The van der Waals surface area contributed by atoms with Crippen LogP contribution in [0.25, 0.3) is 5.95 Å². The third-order valence-electron chi connectivity index (χ3n) is 2.50. The fourth-order valence-corrected chi connectivity index (χ4v) is 2.70. The molecule has 1 saturated heterocycles. The lowest BCUT2D eigenvalue weighted by molar-refractivity contribution is 0.758. The molecule has 1 aliphatic heterocycles. The first-order valence-corrected chi connectivity index (χ1v) is 6.95. The molecule has 0 spiro atoms. The van der Waals surface area contributed by atoms with E-state index in [-0.39, 0.29) is 5.28 Å². The summed E-state index contributed by atoms with van der Waals surface area (Å²) in [6.45, 7) is 1.84. The third kappa shape index (κ3) is 2.39. The van der Waals surface area contributed by atoms with Crippen LogP contribution in [0.15, 0.2) is 12.7 Å². The third-order valence-corrected chi connectivity index (χ3v) is 3.61. The van der Waals surface area contributed by atoms with Gasteiger partial charge in [0.1, 0.15) is 12.7 Å². The highest BCUT2D eigenvalue weighted by molar-refractivity contribution is 7.99. The first-order chi connectivity index (χ1) is 8.83. The van der Waals surface area contributed by atoms with Gasteiger partial charge >= 0.3 is 0 Å². The second-order valence-electron chi connectivity index (χ2n) is 3.64. The average Bonchev–Trinajstić information content (AvgIpc) is 2.93. The molecular weight excluding hydrogens is 274 g/mol. The Labute approximate surface area is 113 Å². The van der Waals surface area contributed by atoms with E-state index in [1.54, 1.807) is 0 Å². The second-order valence-corrected chi connectivity index (χ2v) is 5.21. The number of aromatic nitrogens is 6. The first-order valence-electron chi connectivity index (χ1n) is 5.42. The minimum Gasteiger partial charge on any atom is -0.339 e. The van der Waals surface area contributed by atoms with Crippen molar-refractivity contribution in [1.82, 2.24) is 29.7 Å². The Bertz CT molecular complexity index is 526. The molecule has 18 heavy (non-hydrogen) atoms. The van der Waals surface area contributed by atoms with E-state index in [4.69, 9.17) is 11.6 Å². The van der Waals surface area contributed by atoms with Gasteiger partial charge in [-0.2, -0.15) is 36.5 Å². The van der Waals surface area contributed by atoms with Crippen LogP contribution in [0.3, 0.4) is 0 Å². The molecule has 0 bridgehead atoms. The predicted molar refractivity (Wildman–Crippen MR) is 69.3 cm³/mol. The summed E-state index contributed by atoms with van der Waals surface area (Å²) in [5.41, 5.74) is 0. The van der Waals surface area contributed by atoms with E-state index in [0.29, 0.717) is 11.9 Å². The highest BCUT2D eigenvalue weighted by atomic mass is 35.5.